The van der Waals surface area contributed by atoms with Gasteiger partial charge in [-0.3, -0.25) is 0 Å². The van der Waals surface area contributed by atoms with Crippen molar-refractivity contribution in [2.75, 3.05) is 0 Å². The minimum absolute atomic E-state index is 1.36. The highest BCUT2D eigenvalue weighted by atomic mass is 13.1. The van der Waals surface area contributed by atoms with Gasteiger partial charge in [0.15, 0.2) is 0 Å². The van der Waals surface area contributed by atoms with Crippen molar-refractivity contribution in [1.29, 1.82) is 0 Å². The van der Waals surface area contributed by atoms with Crippen LogP contribution in [0.3, 0.4) is 0 Å². The van der Waals surface area contributed by atoms with E-state index in [4.69, 9.17) is 0 Å². The molecular weight excluding hydrogens is 66.1 g/mol. The van der Waals surface area contributed by atoms with Gasteiger partial charge in [-0.2, -0.15) is 0 Å². The highest BCUT2D eigenvalue weighted by Crippen LogP contribution is 1.58. The van der Waals surface area contributed by atoms with Gasteiger partial charge in [0, 0.05) is 14.1 Å². The zero-order valence-corrected chi connectivity index (χ0v) is 4.83. The standard InChI is InChI=1S/CH9B5/c2-1-4-6-5-3/h4-6H,1-3H2. The Bertz CT molecular complexity index is 15.9. The fourth-order valence-electron chi connectivity index (χ4n) is 0.500. The molecule has 6 heavy (non-hydrogen) atoms. The monoisotopic (exact) mass is 76.1 g/mol. The molecule has 0 aliphatic carbocycles. The lowest BCUT2D eigenvalue weighted by Crippen LogP contribution is -2.11. The Morgan fingerprint density at radius 1 is 1.50 bits per heavy atom. The summed E-state index contributed by atoms with van der Waals surface area (Å²) in [5.74, 6) is 0. The molecule has 0 N–H and O–H groups in total. The molecule has 0 aliphatic rings. The van der Waals surface area contributed by atoms with E-state index in [1.807, 2.05) is 0 Å². The summed E-state index contributed by atoms with van der Waals surface area (Å²) < 4.78 is 0. The first kappa shape index (κ1) is 6.32. The SMILES string of the molecule is BBBBCB. The fraction of sp³-hybridized carbons (Fsp3) is 1.00. The van der Waals surface area contributed by atoms with Crippen LogP contribution in [0.2, 0.25) is 6.22 Å². The normalized spacial score (nSPS) is 6.67. The van der Waals surface area contributed by atoms with Gasteiger partial charge in [-0.05, 0) is 0 Å². The lowest BCUT2D eigenvalue weighted by molar-refractivity contribution is 2.12. The second-order valence-corrected chi connectivity index (χ2v) is 1.71. The van der Waals surface area contributed by atoms with Gasteiger partial charge in [0.1, 0.15) is 0 Å². The first-order chi connectivity index (χ1) is 2.91. The topological polar surface area (TPSA) is 0 Å². The zero-order valence-electron chi connectivity index (χ0n) is 4.83. The second kappa shape index (κ2) is 5.32. The molecule has 0 aromatic carbocycles. The molecule has 0 saturated carbocycles. The van der Waals surface area contributed by atoms with Gasteiger partial charge in [0.2, 0.25) is 0 Å². The van der Waals surface area contributed by atoms with Crippen molar-refractivity contribution in [2.24, 2.45) is 0 Å². The Morgan fingerprint density at radius 3 is 2.33 bits per heavy atom. The van der Waals surface area contributed by atoms with Crippen molar-refractivity contribution in [2.45, 2.75) is 6.22 Å². The Morgan fingerprint density at radius 2 is 2.17 bits per heavy atom. The summed E-state index contributed by atoms with van der Waals surface area (Å²) in [5.41, 5.74) is 0. The Kier molecular flexibility index (Phi) is 5.61. The first-order valence-electron chi connectivity index (χ1n) is 2.91. The second-order valence-electron chi connectivity index (χ2n) is 1.71. The van der Waals surface area contributed by atoms with E-state index in [1.165, 1.54) is 27.5 Å². The summed E-state index contributed by atoms with van der Waals surface area (Å²) in [7, 11) is 8.64. The van der Waals surface area contributed by atoms with E-state index >= 15 is 0 Å². The van der Waals surface area contributed by atoms with Crippen LogP contribution in [-0.2, 0) is 0 Å². The molecule has 0 atom stereocenters. The highest BCUT2D eigenvalue weighted by molar-refractivity contribution is 7.41. The summed E-state index contributed by atoms with van der Waals surface area (Å²) in [6, 6.07) is 0. The van der Waals surface area contributed by atoms with Crippen LogP contribution in [0.1, 0.15) is 0 Å². The average Bonchev–Trinajstić information content (AvgIpc) is 1.61. The van der Waals surface area contributed by atoms with Gasteiger partial charge in [-0.15, -0.1) is 6.22 Å². The molecule has 0 bridgehead atoms. The Balaban J connectivity index is 2.34. The van der Waals surface area contributed by atoms with Crippen LogP contribution in [0.4, 0.5) is 0 Å². The van der Waals surface area contributed by atoms with Crippen LogP contribution in [0.25, 0.3) is 0 Å². The van der Waals surface area contributed by atoms with Crippen molar-refractivity contribution >= 4 is 36.9 Å². The van der Waals surface area contributed by atoms with Gasteiger partial charge in [-0.25, -0.2) is 0 Å². The largest absolute Gasteiger partial charge is 0.111 e. The van der Waals surface area contributed by atoms with Crippen LogP contribution in [0.5, 0.6) is 0 Å². The predicted octanol–water partition coefficient (Wildman–Crippen LogP) is -3.32. The molecule has 0 saturated heterocycles. The summed E-state index contributed by atoms with van der Waals surface area (Å²) in [6.07, 6.45) is 1.36. The van der Waals surface area contributed by atoms with Crippen molar-refractivity contribution in [3.8, 4) is 0 Å². The number of rotatable bonds is 3. The maximum atomic E-state index is 2.23. The lowest BCUT2D eigenvalue weighted by Gasteiger charge is -1.78. The third kappa shape index (κ3) is 4.32. The molecule has 0 rings (SSSR count). The van der Waals surface area contributed by atoms with Gasteiger partial charge < -0.3 is 0 Å². The van der Waals surface area contributed by atoms with Crippen LogP contribution < -0.4 is 0 Å². The Hall–Kier alpha value is 0.325. The summed E-state index contributed by atoms with van der Waals surface area (Å²) in [5, 5.41) is 0. The van der Waals surface area contributed by atoms with E-state index in [0.29, 0.717) is 0 Å². The molecule has 0 unspecified atom stereocenters. The quantitative estimate of drug-likeness (QED) is 0.243. The minimum atomic E-state index is 1.36. The van der Waals surface area contributed by atoms with Crippen LogP contribution in [0.15, 0.2) is 0 Å². The van der Waals surface area contributed by atoms with Crippen molar-refractivity contribution < 1.29 is 0 Å². The first-order valence-corrected chi connectivity index (χ1v) is 2.91. The van der Waals surface area contributed by atoms with Gasteiger partial charge in [-0.1, -0.05) is 0 Å². The van der Waals surface area contributed by atoms with E-state index in [0.717, 1.165) is 0 Å². The Labute approximate surface area is 44.0 Å². The van der Waals surface area contributed by atoms with E-state index < -0.39 is 0 Å². The van der Waals surface area contributed by atoms with E-state index in [9.17, 15) is 0 Å². The molecule has 0 spiro atoms. The summed E-state index contributed by atoms with van der Waals surface area (Å²) in [4.78, 5) is 0. The summed E-state index contributed by atoms with van der Waals surface area (Å²) in [6.45, 7) is 0. The van der Waals surface area contributed by atoms with Gasteiger partial charge in [0.25, 0.3) is 0 Å². The molecule has 28 valence electrons. The molecule has 0 radical (unpaired) electrons. The number of hydrogen-bond acceptors (Lipinski definition) is 0. The van der Waals surface area contributed by atoms with Crippen LogP contribution >= 0.6 is 0 Å². The van der Waals surface area contributed by atoms with Crippen LogP contribution in [-0.4, -0.2) is 36.9 Å². The third-order valence-electron chi connectivity index (χ3n) is 0.957. The predicted molar refractivity (Wildman–Crippen MR) is 43.3 cm³/mol. The maximum Gasteiger partial charge on any atom is 0.0921 e. The number of hydrogen-bond donors (Lipinski definition) is 0. The molecule has 5 heteroatoms. The maximum absolute atomic E-state index is 2.23. The molecule has 0 heterocycles. The molecule has 0 amide bonds. The fourth-order valence-corrected chi connectivity index (χ4v) is 0.500. The van der Waals surface area contributed by atoms with E-state index in [-0.39, 0.29) is 0 Å². The minimum Gasteiger partial charge on any atom is -0.111 e. The molecule has 0 fully saturated rings. The molecule has 0 aromatic rings. The molecular formula is CH9B5. The van der Waals surface area contributed by atoms with E-state index in [2.05, 4.69) is 15.6 Å². The van der Waals surface area contributed by atoms with E-state index in [1.54, 1.807) is 0 Å². The third-order valence-corrected chi connectivity index (χ3v) is 0.957. The summed E-state index contributed by atoms with van der Waals surface area (Å²) >= 11 is 0. The lowest BCUT2D eigenvalue weighted by atomic mass is 9.12. The van der Waals surface area contributed by atoms with Crippen LogP contribution in [0, 0.1) is 0 Å². The average molecular weight is 75.1 g/mol. The van der Waals surface area contributed by atoms with Crippen molar-refractivity contribution in [3.63, 3.8) is 0 Å². The molecule has 0 nitrogen and oxygen atoms in total. The zero-order chi connectivity index (χ0) is 4.83. The van der Waals surface area contributed by atoms with Crippen molar-refractivity contribution in [3.05, 3.63) is 0 Å². The smallest absolute Gasteiger partial charge is 0.0921 e. The van der Waals surface area contributed by atoms with Gasteiger partial charge >= 0.3 is 0 Å². The molecule has 0 aromatic heterocycles. The van der Waals surface area contributed by atoms with Crippen molar-refractivity contribution in [1.82, 2.24) is 0 Å². The molecule has 0 aliphatic heterocycles. The highest BCUT2D eigenvalue weighted by Gasteiger charge is 1.83. The van der Waals surface area contributed by atoms with Gasteiger partial charge in [0.05, 0.1) is 22.8 Å².